The largest absolute Gasteiger partial charge is 0.497 e. The van der Waals surface area contributed by atoms with Crippen LogP contribution in [-0.2, 0) is 23.4 Å². The van der Waals surface area contributed by atoms with Gasteiger partial charge in [-0.1, -0.05) is 74.6 Å². The second kappa shape index (κ2) is 14.6. The first kappa shape index (κ1) is 34.7. The van der Waals surface area contributed by atoms with E-state index in [0.29, 0.717) is 12.8 Å². The van der Waals surface area contributed by atoms with Crippen molar-refractivity contribution < 1.29 is 28.2 Å². The van der Waals surface area contributed by atoms with Crippen LogP contribution in [-0.4, -0.2) is 45.3 Å². The van der Waals surface area contributed by atoms with E-state index in [-0.39, 0.29) is 41.7 Å². The van der Waals surface area contributed by atoms with E-state index < -0.39 is 20.2 Å². The van der Waals surface area contributed by atoms with Gasteiger partial charge in [0.1, 0.15) is 18.0 Å². The van der Waals surface area contributed by atoms with Gasteiger partial charge in [-0.15, -0.1) is 13.2 Å². The van der Waals surface area contributed by atoms with Gasteiger partial charge in [0.25, 0.3) is 0 Å². The summed E-state index contributed by atoms with van der Waals surface area (Å²) in [6, 6.07) is 7.68. The van der Waals surface area contributed by atoms with E-state index in [2.05, 4.69) is 69.6 Å². The van der Waals surface area contributed by atoms with Crippen molar-refractivity contribution in [1.82, 2.24) is 0 Å². The number of methoxy groups -OCH3 is 1. The number of rotatable bonds is 14. The Morgan fingerprint density at radius 1 is 1.23 bits per heavy atom. The molecule has 1 heterocycles. The monoisotopic (exact) mass is 684 g/mol. The first-order chi connectivity index (χ1) is 18.6. The minimum atomic E-state index is -2.17. The summed E-state index contributed by atoms with van der Waals surface area (Å²) in [5.41, 5.74) is 1.27. The van der Waals surface area contributed by atoms with Gasteiger partial charge in [0.2, 0.25) is 0 Å². The van der Waals surface area contributed by atoms with E-state index in [0.717, 1.165) is 16.9 Å². The van der Waals surface area contributed by atoms with E-state index in [1.807, 2.05) is 55.2 Å². The topological polar surface area (TPSA) is 63.2 Å². The lowest BCUT2D eigenvalue weighted by molar-refractivity contribution is -0.151. The fraction of sp³-hybridized carbons (Fsp3) is 0.594. The predicted molar refractivity (Wildman–Crippen MR) is 173 cm³/mol. The second-order valence-corrected chi connectivity index (χ2v) is 17.8. The van der Waals surface area contributed by atoms with Crippen LogP contribution >= 0.6 is 22.6 Å². The molecule has 2 rings (SSSR count). The summed E-state index contributed by atoms with van der Waals surface area (Å²) in [6.45, 7) is 24.9. The number of benzene rings is 1. The smallest absolute Gasteiger partial charge is 0.308 e. The molecule has 40 heavy (non-hydrogen) atoms. The molecule has 0 amide bonds. The van der Waals surface area contributed by atoms with Gasteiger partial charge in [-0.3, -0.25) is 4.79 Å². The number of carbonyl (C=O) groups excluding carboxylic acids is 1. The second-order valence-electron chi connectivity index (χ2n) is 12.4. The van der Waals surface area contributed by atoms with E-state index in [4.69, 9.17) is 23.4 Å². The maximum absolute atomic E-state index is 13.3. The molecule has 1 aliphatic heterocycles. The SMILES string of the molecule is C=CC(C)C(OC(=O)C[C@@H](CC[C@@]1(C)OC(c2ccc(OC)cc2)O[C@H]1C=C)O[Si](C)(C)C(C)(C)C)/C(C)=C/I. The van der Waals surface area contributed by atoms with Crippen LogP contribution in [0.4, 0.5) is 0 Å². The molecule has 0 N–H and O–H groups in total. The van der Waals surface area contributed by atoms with Gasteiger partial charge in [0, 0.05) is 11.5 Å². The predicted octanol–water partition coefficient (Wildman–Crippen LogP) is 8.69. The molecule has 3 unspecified atom stereocenters. The number of esters is 1. The fourth-order valence-corrected chi connectivity index (χ4v) is 6.19. The molecular formula is C32H49IO6Si. The summed E-state index contributed by atoms with van der Waals surface area (Å²) < 4.78 is 32.8. The lowest BCUT2D eigenvalue weighted by Crippen LogP contribution is -2.45. The zero-order chi connectivity index (χ0) is 30.3. The van der Waals surface area contributed by atoms with Crippen molar-refractivity contribution in [3.05, 3.63) is 64.8 Å². The third-order valence-corrected chi connectivity index (χ3v) is 13.7. The molecule has 1 aliphatic rings. The molecule has 1 aromatic carbocycles. The molecule has 1 fully saturated rings. The highest BCUT2D eigenvalue weighted by molar-refractivity contribution is 14.1. The quantitative estimate of drug-likeness (QED) is 0.0846. The van der Waals surface area contributed by atoms with Gasteiger partial charge in [-0.25, -0.2) is 0 Å². The van der Waals surface area contributed by atoms with Crippen LogP contribution < -0.4 is 4.74 Å². The molecule has 224 valence electrons. The zero-order valence-electron chi connectivity index (χ0n) is 25.8. The first-order valence-electron chi connectivity index (χ1n) is 14.0. The van der Waals surface area contributed by atoms with Crippen LogP contribution in [0.1, 0.15) is 72.7 Å². The average molecular weight is 685 g/mol. The molecule has 0 aliphatic carbocycles. The van der Waals surface area contributed by atoms with Crippen molar-refractivity contribution in [2.24, 2.45) is 5.92 Å². The Morgan fingerprint density at radius 3 is 2.35 bits per heavy atom. The normalized spacial score (nSPS) is 24.2. The Kier molecular flexibility index (Phi) is 12.7. The van der Waals surface area contributed by atoms with Gasteiger partial charge in [0.15, 0.2) is 14.6 Å². The lowest BCUT2D eigenvalue weighted by atomic mass is 9.91. The number of carbonyl (C=O) groups is 1. The van der Waals surface area contributed by atoms with Gasteiger partial charge in [-0.05, 0) is 66.6 Å². The van der Waals surface area contributed by atoms with Crippen molar-refractivity contribution >= 4 is 36.9 Å². The highest BCUT2D eigenvalue weighted by atomic mass is 127. The van der Waals surface area contributed by atoms with Crippen LogP contribution in [0.15, 0.2) is 59.2 Å². The summed E-state index contributed by atoms with van der Waals surface area (Å²) in [4.78, 5) is 13.3. The van der Waals surface area contributed by atoms with Gasteiger partial charge in [-0.2, -0.15) is 0 Å². The molecule has 0 saturated carbocycles. The number of hydrogen-bond acceptors (Lipinski definition) is 6. The molecule has 6 atom stereocenters. The minimum Gasteiger partial charge on any atom is -0.497 e. The van der Waals surface area contributed by atoms with Crippen LogP contribution in [0.3, 0.4) is 0 Å². The van der Waals surface area contributed by atoms with E-state index in [9.17, 15) is 4.79 Å². The third-order valence-electron chi connectivity index (χ3n) is 8.20. The summed E-state index contributed by atoms with van der Waals surface area (Å²) in [5.74, 6) is 0.502. The van der Waals surface area contributed by atoms with Gasteiger partial charge < -0.3 is 23.4 Å². The molecule has 1 aromatic rings. The van der Waals surface area contributed by atoms with Crippen LogP contribution in [0.25, 0.3) is 0 Å². The lowest BCUT2D eigenvalue weighted by Gasteiger charge is -2.40. The van der Waals surface area contributed by atoms with Crippen molar-refractivity contribution in [2.75, 3.05) is 7.11 Å². The average Bonchev–Trinajstić information content (AvgIpc) is 3.25. The molecular weight excluding hydrogens is 635 g/mol. The maximum Gasteiger partial charge on any atom is 0.308 e. The van der Waals surface area contributed by atoms with Gasteiger partial charge in [0.05, 0.1) is 25.2 Å². The van der Waals surface area contributed by atoms with Crippen molar-refractivity contribution in [3.8, 4) is 5.75 Å². The number of halogens is 1. The van der Waals surface area contributed by atoms with Crippen molar-refractivity contribution in [2.45, 2.75) is 109 Å². The maximum atomic E-state index is 13.3. The van der Waals surface area contributed by atoms with Crippen LogP contribution in [0, 0.1) is 5.92 Å². The number of ether oxygens (including phenoxy) is 4. The number of hydrogen-bond donors (Lipinski definition) is 0. The molecule has 6 nitrogen and oxygen atoms in total. The molecule has 1 saturated heterocycles. The summed E-state index contributed by atoms with van der Waals surface area (Å²) in [6.07, 6.45) is 3.52. The Hall–Kier alpha value is -1.46. The Labute approximate surface area is 256 Å². The zero-order valence-corrected chi connectivity index (χ0v) is 28.9. The molecule has 0 bridgehead atoms. The van der Waals surface area contributed by atoms with Crippen molar-refractivity contribution in [1.29, 1.82) is 0 Å². The van der Waals surface area contributed by atoms with E-state index in [1.54, 1.807) is 13.2 Å². The van der Waals surface area contributed by atoms with Gasteiger partial charge >= 0.3 is 5.97 Å². The van der Waals surface area contributed by atoms with Crippen LogP contribution in [0.5, 0.6) is 5.75 Å². The summed E-state index contributed by atoms with van der Waals surface area (Å²) in [5, 5.41) is -0.00440. The third kappa shape index (κ3) is 9.02. The first-order valence-corrected chi connectivity index (χ1v) is 18.1. The Balaban J connectivity index is 2.23. The fourth-order valence-electron chi connectivity index (χ4n) is 4.45. The molecule has 8 heteroatoms. The minimum absolute atomic E-state index is 0.000844. The Morgan fingerprint density at radius 2 is 1.85 bits per heavy atom. The molecule has 0 radical (unpaired) electrons. The van der Waals surface area contributed by atoms with E-state index >= 15 is 0 Å². The van der Waals surface area contributed by atoms with Crippen LogP contribution in [0.2, 0.25) is 18.1 Å². The highest BCUT2D eigenvalue weighted by Gasteiger charge is 2.46. The van der Waals surface area contributed by atoms with E-state index in [1.165, 1.54) is 0 Å². The standard InChI is InChI=1S/C32H49IO6Si/c1-12-22(3)29(23(4)21-33)37-28(34)20-26(39-40(10,11)31(5,6)7)18-19-32(8)27(13-2)36-30(38-32)24-14-16-25(35-9)17-15-24/h12-17,21-22,26-27,29-30H,1-2,18-20H2,3-11H3/b23-21+/t22?,26-,27+,29?,30?,32-/m1/s1. The molecule has 0 spiro atoms. The molecule has 0 aromatic heterocycles. The Bertz CT molecular complexity index is 1030. The summed E-state index contributed by atoms with van der Waals surface area (Å²) in [7, 11) is -0.534. The summed E-state index contributed by atoms with van der Waals surface area (Å²) >= 11 is 2.18. The highest BCUT2D eigenvalue weighted by Crippen LogP contribution is 2.43. The van der Waals surface area contributed by atoms with Crippen molar-refractivity contribution in [3.63, 3.8) is 0 Å².